The van der Waals surface area contributed by atoms with Crippen molar-refractivity contribution < 1.29 is 4.79 Å². The molecule has 94 valence electrons. The zero-order valence-electron chi connectivity index (χ0n) is 10.3. The number of rotatable bonds is 6. The average Bonchev–Trinajstić information content (AvgIpc) is 2.32. The number of nitrogens with zero attached hydrogens (tertiary/aromatic N) is 1. The molecule has 5 nitrogen and oxygen atoms in total. The van der Waals surface area contributed by atoms with Gasteiger partial charge in [-0.1, -0.05) is 6.92 Å². The summed E-state index contributed by atoms with van der Waals surface area (Å²) in [6.07, 6.45) is 2.62. The van der Waals surface area contributed by atoms with Crippen molar-refractivity contribution in [2.45, 2.75) is 13.3 Å². The fourth-order valence-corrected chi connectivity index (χ4v) is 1.40. The molecule has 0 aromatic carbocycles. The Bertz CT molecular complexity index is 426. The van der Waals surface area contributed by atoms with E-state index in [1.807, 2.05) is 0 Å². The van der Waals surface area contributed by atoms with Gasteiger partial charge in [0.05, 0.1) is 5.56 Å². The van der Waals surface area contributed by atoms with Crippen LogP contribution < -0.4 is 16.2 Å². The second-order valence-corrected chi connectivity index (χ2v) is 3.87. The van der Waals surface area contributed by atoms with Crippen LogP contribution in [0.1, 0.15) is 23.7 Å². The van der Waals surface area contributed by atoms with Crippen LogP contribution in [-0.4, -0.2) is 30.1 Å². The van der Waals surface area contributed by atoms with Gasteiger partial charge < -0.3 is 15.2 Å². The molecule has 0 spiro atoms. The van der Waals surface area contributed by atoms with Crippen LogP contribution in [0.2, 0.25) is 0 Å². The van der Waals surface area contributed by atoms with Crippen molar-refractivity contribution >= 4 is 5.91 Å². The van der Waals surface area contributed by atoms with Gasteiger partial charge in [-0.3, -0.25) is 9.59 Å². The first-order valence-electron chi connectivity index (χ1n) is 5.80. The highest BCUT2D eigenvalue weighted by Gasteiger charge is 2.05. The summed E-state index contributed by atoms with van der Waals surface area (Å²) < 4.78 is 1.39. The molecule has 0 aliphatic carbocycles. The Kier molecular flexibility index (Phi) is 5.42. The van der Waals surface area contributed by atoms with Crippen LogP contribution in [0.3, 0.4) is 0 Å². The number of carbonyl (C=O) groups is 1. The Morgan fingerprint density at radius 3 is 2.71 bits per heavy atom. The van der Waals surface area contributed by atoms with E-state index in [0.717, 1.165) is 19.5 Å². The van der Waals surface area contributed by atoms with Crippen LogP contribution in [0.5, 0.6) is 0 Å². The Morgan fingerprint density at radius 2 is 2.06 bits per heavy atom. The van der Waals surface area contributed by atoms with Crippen molar-refractivity contribution in [3.63, 3.8) is 0 Å². The predicted molar refractivity (Wildman–Crippen MR) is 67.2 cm³/mol. The minimum atomic E-state index is -0.154. The van der Waals surface area contributed by atoms with Crippen molar-refractivity contribution in [2.75, 3.05) is 19.6 Å². The molecule has 1 aromatic heterocycles. The maximum absolute atomic E-state index is 11.7. The van der Waals surface area contributed by atoms with Crippen LogP contribution in [0.25, 0.3) is 0 Å². The van der Waals surface area contributed by atoms with E-state index in [1.165, 1.54) is 22.9 Å². The summed E-state index contributed by atoms with van der Waals surface area (Å²) in [7, 11) is 1.63. The molecular formula is C12H19N3O2. The Morgan fingerprint density at radius 1 is 1.29 bits per heavy atom. The molecule has 0 saturated heterocycles. The first-order chi connectivity index (χ1) is 8.15. The van der Waals surface area contributed by atoms with Gasteiger partial charge in [0.15, 0.2) is 0 Å². The number of pyridine rings is 1. The SMILES string of the molecule is CCCNCCNC(=O)c1ccc(=O)n(C)c1. The number of carbonyl (C=O) groups excluding carboxylic acids is 1. The molecule has 2 N–H and O–H groups in total. The van der Waals surface area contributed by atoms with Crippen LogP contribution in [0.4, 0.5) is 0 Å². The average molecular weight is 237 g/mol. The standard InChI is InChI=1S/C12H19N3O2/c1-3-6-13-7-8-14-12(17)10-4-5-11(16)15(2)9-10/h4-5,9,13H,3,6-8H2,1-2H3,(H,14,17). The van der Waals surface area contributed by atoms with Gasteiger partial charge in [-0.25, -0.2) is 0 Å². The first-order valence-corrected chi connectivity index (χ1v) is 5.80. The van der Waals surface area contributed by atoms with E-state index in [1.54, 1.807) is 7.05 Å². The quantitative estimate of drug-likeness (QED) is 0.691. The van der Waals surface area contributed by atoms with Gasteiger partial charge in [0.25, 0.3) is 5.91 Å². The highest BCUT2D eigenvalue weighted by molar-refractivity contribution is 5.93. The molecule has 0 radical (unpaired) electrons. The van der Waals surface area contributed by atoms with Crippen LogP contribution in [-0.2, 0) is 7.05 Å². The summed E-state index contributed by atoms with van der Waals surface area (Å²) in [5.74, 6) is -0.154. The number of amides is 1. The van der Waals surface area contributed by atoms with E-state index in [-0.39, 0.29) is 11.5 Å². The zero-order chi connectivity index (χ0) is 12.7. The molecule has 0 bridgehead atoms. The fraction of sp³-hybridized carbons (Fsp3) is 0.500. The molecule has 5 heteroatoms. The summed E-state index contributed by atoms with van der Waals surface area (Å²) in [5, 5.41) is 5.98. The summed E-state index contributed by atoms with van der Waals surface area (Å²) in [5.41, 5.74) is 0.383. The maximum Gasteiger partial charge on any atom is 0.252 e. The van der Waals surface area contributed by atoms with Crippen molar-refractivity contribution in [3.05, 3.63) is 34.2 Å². The minimum Gasteiger partial charge on any atom is -0.351 e. The number of aromatic nitrogens is 1. The second-order valence-electron chi connectivity index (χ2n) is 3.87. The van der Waals surface area contributed by atoms with E-state index in [2.05, 4.69) is 17.6 Å². The van der Waals surface area contributed by atoms with Crippen LogP contribution in [0.15, 0.2) is 23.1 Å². The van der Waals surface area contributed by atoms with Crippen molar-refractivity contribution in [1.29, 1.82) is 0 Å². The summed E-state index contributed by atoms with van der Waals surface area (Å²) in [4.78, 5) is 22.8. The third-order valence-corrected chi connectivity index (χ3v) is 2.36. The molecule has 0 aliphatic heterocycles. The van der Waals surface area contributed by atoms with Gasteiger partial charge in [0.2, 0.25) is 5.56 Å². The molecule has 17 heavy (non-hydrogen) atoms. The monoisotopic (exact) mass is 237 g/mol. The van der Waals surface area contributed by atoms with E-state index in [0.29, 0.717) is 12.1 Å². The van der Waals surface area contributed by atoms with Crippen LogP contribution >= 0.6 is 0 Å². The lowest BCUT2D eigenvalue weighted by molar-refractivity contribution is 0.0953. The topological polar surface area (TPSA) is 63.1 Å². The normalized spacial score (nSPS) is 10.2. The van der Waals surface area contributed by atoms with Gasteiger partial charge >= 0.3 is 0 Å². The molecular weight excluding hydrogens is 218 g/mol. The second kappa shape index (κ2) is 6.85. The van der Waals surface area contributed by atoms with Gasteiger partial charge in [0.1, 0.15) is 0 Å². The van der Waals surface area contributed by atoms with Gasteiger partial charge in [-0.2, -0.15) is 0 Å². The minimum absolute atomic E-state index is 0.119. The molecule has 0 saturated carbocycles. The van der Waals surface area contributed by atoms with Crippen molar-refractivity contribution in [2.24, 2.45) is 7.05 Å². The van der Waals surface area contributed by atoms with E-state index in [4.69, 9.17) is 0 Å². The zero-order valence-corrected chi connectivity index (χ0v) is 10.3. The Hall–Kier alpha value is -1.62. The number of hydrogen-bond acceptors (Lipinski definition) is 3. The molecule has 0 fully saturated rings. The van der Waals surface area contributed by atoms with Crippen LogP contribution in [0, 0.1) is 0 Å². The molecule has 0 atom stereocenters. The van der Waals surface area contributed by atoms with Crippen molar-refractivity contribution in [1.82, 2.24) is 15.2 Å². The maximum atomic E-state index is 11.7. The molecule has 1 aromatic rings. The van der Waals surface area contributed by atoms with Gasteiger partial charge in [-0.05, 0) is 19.0 Å². The first kappa shape index (κ1) is 13.4. The Balaban J connectivity index is 2.42. The fourth-order valence-electron chi connectivity index (χ4n) is 1.40. The third-order valence-electron chi connectivity index (χ3n) is 2.36. The smallest absolute Gasteiger partial charge is 0.252 e. The summed E-state index contributed by atoms with van der Waals surface area (Å²) in [6, 6.07) is 2.93. The molecule has 1 amide bonds. The molecule has 0 aliphatic rings. The largest absolute Gasteiger partial charge is 0.351 e. The molecule has 1 heterocycles. The number of aryl methyl sites for hydroxylation is 1. The molecule has 1 rings (SSSR count). The highest BCUT2D eigenvalue weighted by Crippen LogP contribution is 1.93. The van der Waals surface area contributed by atoms with Gasteiger partial charge in [-0.15, -0.1) is 0 Å². The Labute approximate surface area is 101 Å². The lowest BCUT2D eigenvalue weighted by Crippen LogP contribution is -2.32. The number of nitrogens with one attached hydrogen (secondary N) is 2. The predicted octanol–water partition coefficient (Wildman–Crippen LogP) is 0.115. The van der Waals surface area contributed by atoms with E-state index >= 15 is 0 Å². The van der Waals surface area contributed by atoms with E-state index in [9.17, 15) is 9.59 Å². The summed E-state index contributed by atoms with van der Waals surface area (Å²) >= 11 is 0. The lowest BCUT2D eigenvalue weighted by Gasteiger charge is -2.06. The highest BCUT2D eigenvalue weighted by atomic mass is 16.2. The number of hydrogen-bond donors (Lipinski definition) is 2. The lowest BCUT2D eigenvalue weighted by atomic mass is 10.2. The van der Waals surface area contributed by atoms with Crippen molar-refractivity contribution in [3.8, 4) is 0 Å². The molecule has 0 unspecified atom stereocenters. The summed E-state index contributed by atoms with van der Waals surface area (Å²) in [6.45, 7) is 4.39. The third kappa shape index (κ3) is 4.40. The van der Waals surface area contributed by atoms with Gasteiger partial charge in [0, 0.05) is 32.4 Å². The van der Waals surface area contributed by atoms with E-state index < -0.39 is 0 Å².